The molecule has 3 amide bonds. The molecule has 1 aromatic heterocycles. The highest BCUT2D eigenvalue weighted by Crippen LogP contribution is 2.35. The van der Waals surface area contributed by atoms with Crippen molar-refractivity contribution in [3.63, 3.8) is 0 Å². The highest BCUT2D eigenvalue weighted by molar-refractivity contribution is 8.18. The molecule has 1 aliphatic rings. The zero-order chi connectivity index (χ0) is 29.2. The number of ether oxygens (including phenoxy) is 1. The highest BCUT2D eigenvalue weighted by Gasteiger charge is 2.35. The van der Waals surface area contributed by atoms with Crippen LogP contribution in [0.3, 0.4) is 0 Å². The Hall–Kier alpha value is -4.03. The monoisotopic (exact) mass is 586 g/mol. The van der Waals surface area contributed by atoms with E-state index in [1.807, 2.05) is 0 Å². The van der Waals surface area contributed by atoms with Crippen LogP contribution in [0.4, 0.5) is 19.3 Å². The summed E-state index contributed by atoms with van der Waals surface area (Å²) in [6.45, 7) is 4.87. The minimum absolute atomic E-state index is 0.120. The standard InChI is InChI=1S/C28H24F2N2O6S2/c1-28(2,3)38-26(36)19-12-17(5-7-22(19)33)31-24(34)8-9-32-25(35)23(40-27(32)37)13-18-10-16(14-39-18)15-4-6-20(29)21(30)11-15/h4-7,10-14,33H,8-9H2,1-3H3,(H,31,34)/b23-13-. The first-order chi connectivity index (χ1) is 18.8. The summed E-state index contributed by atoms with van der Waals surface area (Å²) in [5.41, 5.74) is 0.435. The fourth-order valence-corrected chi connectivity index (χ4v) is 5.40. The minimum atomic E-state index is -0.968. The molecule has 1 fully saturated rings. The first kappa shape index (κ1) is 29.0. The lowest BCUT2D eigenvalue weighted by atomic mass is 10.1. The number of thiophene rings is 1. The van der Waals surface area contributed by atoms with E-state index in [4.69, 9.17) is 4.74 Å². The van der Waals surface area contributed by atoms with Gasteiger partial charge < -0.3 is 15.2 Å². The van der Waals surface area contributed by atoms with Crippen LogP contribution >= 0.6 is 23.1 Å². The van der Waals surface area contributed by atoms with E-state index in [1.165, 1.54) is 41.7 Å². The summed E-state index contributed by atoms with van der Waals surface area (Å²) in [4.78, 5) is 51.9. The number of esters is 1. The number of aromatic hydroxyl groups is 1. The van der Waals surface area contributed by atoms with Gasteiger partial charge in [0.15, 0.2) is 11.6 Å². The Morgan fingerprint density at radius 3 is 2.50 bits per heavy atom. The molecule has 2 aromatic carbocycles. The Labute approximate surface area is 236 Å². The van der Waals surface area contributed by atoms with Crippen molar-refractivity contribution in [2.75, 3.05) is 11.9 Å². The third kappa shape index (κ3) is 6.93. The molecule has 2 heterocycles. The smallest absolute Gasteiger partial charge is 0.342 e. The number of benzene rings is 2. The summed E-state index contributed by atoms with van der Waals surface area (Å²) in [5.74, 6) is -4.05. The lowest BCUT2D eigenvalue weighted by Gasteiger charge is -2.20. The van der Waals surface area contributed by atoms with Crippen molar-refractivity contribution in [1.29, 1.82) is 0 Å². The van der Waals surface area contributed by atoms with Crippen LogP contribution in [-0.2, 0) is 14.3 Å². The van der Waals surface area contributed by atoms with Gasteiger partial charge in [0.25, 0.3) is 11.1 Å². The summed E-state index contributed by atoms with van der Waals surface area (Å²) >= 11 is 2.01. The fourth-order valence-electron chi connectivity index (χ4n) is 3.62. The number of thioether (sulfide) groups is 1. The number of nitrogens with zero attached hydrogens (tertiary/aromatic N) is 1. The first-order valence-electron chi connectivity index (χ1n) is 12.0. The summed E-state index contributed by atoms with van der Waals surface area (Å²) in [6.07, 6.45) is 1.33. The molecule has 0 saturated carbocycles. The molecule has 4 rings (SSSR count). The largest absolute Gasteiger partial charge is 0.507 e. The Bertz CT molecular complexity index is 1540. The number of phenolic OH excluding ortho intramolecular Hbond substituents is 1. The maximum atomic E-state index is 13.6. The second-order valence-electron chi connectivity index (χ2n) is 9.73. The highest BCUT2D eigenvalue weighted by atomic mass is 32.2. The molecular weight excluding hydrogens is 562 g/mol. The number of halogens is 2. The molecule has 1 aliphatic heterocycles. The molecule has 1 saturated heterocycles. The maximum absolute atomic E-state index is 13.6. The number of carbonyl (C=O) groups is 4. The van der Waals surface area contributed by atoms with Gasteiger partial charge in [-0.2, -0.15) is 0 Å². The van der Waals surface area contributed by atoms with Crippen molar-refractivity contribution in [3.05, 3.63) is 74.8 Å². The van der Waals surface area contributed by atoms with Gasteiger partial charge in [-0.05, 0) is 91.5 Å². The Morgan fingerprint density at radius 2 is 1.80 bits per heavy atom. The zero-order valence-electron chi connectivity index (χ0n) is 21.6. The van der Waals surface area contributed by atoms with Crippen LogP contribution in [0, 0.1) is 11.6 Å². The van der Waals surface area contributed by atoms with E-state index < -0.39 is 40.3 Å². The molecule has 0 unspecified atom stereocenters. The lowest BCUT2D eigenvalue weighted by Crippen LogP contribution is -2.31. The van der Waals surface area contributed by atoms with Gasteiger partial charge in [-0.3, -0.25) is 19.3 Å². The van der Waals surface area contributed by atoms with Crippen LogP contribution in [0.15, 0.2) is 52.7 Å². The molecule has 0 radical (unpaired) electrons. The van der Waals surface area contributed by atoms with E-state index in [9.17, 15) is 33.1 Å². The third-order valence-corrected chi connectivity index (χ3v) is 7.27. The van der Waals surface area contributed by atoms with Crippen LogP contribution in [0.5, 0.6) is 5.75 Å². The first-order valence-corrected chi connectivity index (χ1v) is 13.7. The molecule has 0 spiro atoms. The SMILES string of the molecule is CC(C)(C)OC(=O)c1cc(NC(=O)CCN2C(=O)S/C(=C\c3cc(-c4ccc(F)c(F)c4)cs3)C2=O)ccc1O. The van der Waals surface area contributed by atoms with Crippen LogP contribution < -0.4 is 5.32 Å². The molecule has 40 heavy (non-hydrogen) atoms. The molecule has 208 valence electrons. The average molecular weight is 587 g/mol. The van der Waals surface area contributed by atoms with Crippen molar-refractivity contribution in [3.8, 4) is 16.9 Å². The van der Waals surface area contributed by atoms with Gasteiger partial charge in [-0.15, -0.1) is 11.3 Å². The van der Waals surface area contributed by atoms with Crippen molar-refractivity contribution < 1.29 is 37.8 Å². The third-order valence-electron chi connectivity index (χ3n) is 5.48. The van der Waals surface area contributed by atoms with Gasteiger partial charge >= 0.3 is 5.97 Å². The minimum Gasteiger partial charge on any atom is -0.507 e. The van der Waals surface area contributed by atoms with Crippen molar-refractivity contribution in [2.45, 2.75) is 32.8 Å². The number of nitrogens with one attached hydrogen (secondary N) is 1. The van der Waals surface area contributed by atoms with Crippen LogP contribution in [0.25, 0.3) is 17.2 Å². The van der Waals surface area contributed by atoms with Crippen LogP contribution in [0.2, 0.25) is 0 Å². The molecule has 3 aromatic rings. The van der Waals surface area contributed by atoms with Crippen molar-refractivity contribution in [1.82, 2.24) is 4.90 Å². The average Bonchev–Trinajstić information content (AvgIpc) is 3.43. The predicted octanol–water partition coefficient (Wildman–Crippen LogP) is 6.42. The van der Waals surface area contributed by atoms with Gasteiger partial charge in [0.1, 0.15) is 16.9 Å². The summed E-state index contributed by atoms with van der Waals surface area (Å²) in [7, 11) is 0. The van der Waals surface area contributed by atoms with E-state index in [2.05, 4.69) is 5.32 Å². The summed E-state index contributed by atoms with van der Waals surface area (Å²) in [6, 6.07) is 9.18. The lowest BCUT2D eigenvalue weighted by molar-refractivity contribution is -0.123. The second kappa shape index (κ2) is 11.6. The fraction of sp³-hybridized carbons (Fsp3) is 0.214. The number of imide groups is 1. The Morgan fingerprint density at radius 1 is 1.05 bits per heavy atom. The Kier molecular flexibility index (Phi) is 8.40. The van der Waals surface area contributed by atoms with Crippen LogP contribution in [-0.4, -0.2) is 45.2 Å². The summed E-state index contributed by atoms with van der Waals surface area (Å²) < 4.78 is 32.1. The summed E-state index contributed by atoms with van der Waals surface area (Å²) in [5, 5.41) is 13.8. The zero-order valence-corrected chi connectivity index (χ0v) is 23.3. The second-order valence-corrected chi connectivity index (χ2v) is 11.7. The van der Waals surface area contributed by atoms with E-state index >= 15 is 0 Å². The maximum Gasteiger partial charge on any atom is 0.342 e. The number of carbonyl (C=O) groups excluding carboxylic acids is 4. The number of amides is 3. The molecule has 8 nitrogen and oxygen atoms in total. The number of rotatable bonds is 7. The van der Waals surface area contributed by atoms with E-state index in [0.29, 0.717) is 16.0 Å². The van der Waals surface area contributed by atoms with E-state index in [-0.39, 0.29) is 34.9 Å². The van der Waals surface area contributed by atoms with Gasteiger partial charge in [-0.25, -0.2) is 13.6 Å². The molecule has 12 heteroatoms. The van der Waals surface area contributed by atoms with Gasteiger partial charge in [0.2, 0.25) is 5.91 Å². The van der Waals surface area contributed by atoms with E-state index in [1.54, 1.807) is 32.2 Å². The van der Waals surface area contributed by atoms with Crippen molar-refractivity contribution in [2.24, 2.45) is 0 Å². The number of hydrogen-bond acceptors (Lipinski definition) is 8. The number of phenols is 1. The van der Waals surface area contributed by atoms with Crippen molar-refractivity contribution >= 4 is 57.9 Å². The molecular formula is C28H24F2N2O6S2. The molecule has 0 bridgehead atoms. The number of hydrogen-bond donors (Lipinski definition) is 2. The van der Waals surface area contributed by atoms with Crippen LogP contribution in [0.1, 0.15) is 42.4 Å². The topological polar surface area (TPSA) is 113 Å². The normalized spacial score (nSPS) is 14.6. The van der Waals surface area contributed by atoms with Gasteiger partial charge in [-0.1, -0.05) is 6.07 Å². The number of anilines is 1. The quantitative estimate of drug-likeness (QED) is 0.187. The van der Waals surface area contributed by atoms with E-state index in [0.717, 1.165) is 28.8 Å². The molecule has 2 N–H and O–H groups in total. The Balaban J connectivity index is 1.37. The van der Waals surface area contributed by atoms with Gasteiger partial charge in [0, 0.05) is 23.5 Å². The van der Waals surface area contributed by atoms with Gasteiger partial charge in [0.05, 0.1) is 4.91 Å². The molecule has 0 atom stereocenters. The predicted molar refractivity (Wildman–Crippen MR) is 149 cm³/mol. The molecule has 0 aliphatic carbocycles.